The molecule has 6 heteroatoms. The third-order valence-electron chi connectivity index (χ3n) is 3.19. The summed E-state index contributed by atoms with van der Waals surface area (Å²) in [6, 6.07) is 15.7. The number of ether oxygens (including phenoxy) is 1. The standard InChI is InChI=1S/C17H21N5O/c1-12-2-4-13(5-3-12)11-23-15-8-6-14(7-9-15)16(10-18)21-22-17(19)20/h2-9H,10-11,18H2,1H3,(H4,19,20,22)/b21-16+. The lowest BCUT2D eigenvalue weighted by Crippen LogP contribution is -2.23. The van der Waals surface area contributed by atoms with E-state index in [0.717, 1.165) is 16.9 Å². The summed E-state index contributed by atoms with van der Waals surface area (Å²) in [5.74, 6) is 0.668. The topological polar surface area (TPSA) is 112 Å². The number of guanidine groups is 1. The molecule has 23 heavy (non-hydrogen) atoms. The maximum absolute atomic E-state index is 5.76. The number of benzene rings is 2. The Kier molecular flexibility index (Phi) is 5.71. The first-order chi connectivity index (χ1) is 11.1. The van der Waals surface area contributed by atoms with E-state index >= 15 is 0 Å². The number of nitrogens with two attached hydrogens (primary N) is 3. The second-order valence-electron chi connectivity index (χ2n) is 5.07. The summed E-state index contributed by atoms with van der Waals surface area (Å²) in [7, 11) is 0. The number of hydrogen-bond acceptors (Lipinski definition) is 4. The molecule has 0 saturated carbocycles. The van der Waals surface area contributed by atoms with Crippen LogP contribution in [0.2, 0.25) is 0 Å². The highest BCUT2D eigenvalue weighted by Crippen LogP contribution is 2.15. The van der Waals surface area contributed by atoms with Crippen LogP contribution in [0.4, 0.5) is 0 Å². The highest BCUT2D eigenvalue weighted by molar-refractivity contribution is 6.02. The molecule has 0 radical (unpaired) electrons. The van der Waals surface area contributed by atoms with Crippen LogP contribution < -0.4 is 21.9 Å². The van der Waals surface area contributed by atoms with Crippen molar-refractivity contribution >= 4 is 11.7 Å². The minimum Gasteiger partial charge on any atom is -0.489 e. The Hall–Kier alpha value is -2.86. The van der Waals surface area contributed by atoms with E-state index < -0.39 is 0 Å². The van der Waals surface area contributed by atoms with Crippen molar-refractivity contribution in [2.45, 2.75) is 13.5 Å². The molecule has 0 atom stereocenters. The lowest BCUT2D eigenvalue weighted by atomic mass is 10.1. The third-order valence-corrected chi connectivity index (χ3v) is 3.19. The minimum absolute atomic E-state index is 0.103. The molecular formula is C17H21N5O. The van der Waals surface area contributed by atoms with Gasteiger partial charge in [-0.1, -0.05) is 29.8 Å². The van der Waals surface area contributed by atoms with Crippen LogP contribution in [0.1, 0.15) is 16.7 Å². The Morgan fingerprint density at radius 2 is 1.61 bits per heavy atom. The average molecular weight is 311 g/mol. The normalized spacial score (nSPS) is 11.1. The van der Waals surface area contributed by atoms with Gasteiger partial charge >= 0.3 is 0 Å². The molecule has 6 N–H and O–H groups in total. The number of nitrogens with zero attached hydrogens (tertiary/aromatic N) is 2. The van der Waals surface area contributed by atoms with Crippen LogP contribution in [-0.2, 0) is 6.61 Å². The zero-order chi connectivity index (χ0) is 16.7. The summed E-state index contributed by atoms with van der Waals surface area (Å²) in [4.78, 5) is 0. The van der Waals surface area contributed by atoms with Crippen LogP contribution in [-0.4, -0.2) is 18.2 Å². The summed E-state index contributed by atoms with van der Waals surface area (Å²) in [5, 5.41) is 7.56. The van der Waals surface area contributed by atoms with Crippen LogP contribution in [0, 0.1) is 6.92 Å². The third kappa shape index (κ3) is 5.12. The predicted octanol–water partition coefficient (Wildman–Crippen LogP) is 1.51. The van der Waals surface area contributed by atoms with E-state index in [9.17, 15) is 0 Å². The van der Waals surface area contributed by atoms with Gasteiger partial charge in [-0.05, 0) is 42.3 Å². The largest absolute Gasteiger partial charge is 0.489 e. The van der Waals surface area contributed by atoms with Gasteiger partial charge in [0, 0.05) is 6.54 Å². The molecule has 0 bridgehead atoms. The highest BCUT2D eigenvalue weighted by Gasteiger charge is 2.03. The molecule has 6 nitrogen and oxygen atoms in total. The number of rotatable bonds is 6. The van der Waals surface area contributed by atoms with Crippen LogP contribution in [0.5, 0.6) is 5.75 Å². The zero-order valence-corrected chi connectivity index (χ0v) is 13.1. The smallest absolute Gasteiger partial charge is 0.211 e. The SMILES string of the molecule is Cc1ccc(COc2ccc(/C(CN)=N/N=C(N)N)cc2)cc1. The maximum Gasteiger partial charge on any atom is 0.211 e. The van der Waals surface area contributed by atoms with Crippen molar-refractivity contribution in [2.24, 2.45) is 27.4 Å². The number of hydrogen-bond donors (Lipinski definition) is 3. The fourth-order valence-corrected chi connectivity index (χ4v) is 1.93. The summed E-state index contributed by atoms with van der Waals surface area (Å²) >= 11 is 0. The van der Waals surface area contributed by atoms with Gasteiger partial charge in [0.2, 0.25) is 5.96 Å². The molecule has 0 saturated heterocycles. The Labute approximate surface area is 135 Å². The molecule has 0 unspecified atom stereocenters. The van der Waals surface area contributed by atoms with Gasteiger partial charge in [-0.2, -0.15) is 5.10 Å². The summed E-state index contributed by atoms with van der Waals surface area (Å²) in [5.41, 5.74) is 20.0. The van der Waals surface area contributed by atoms with Crippen molar-refractivity contribution < 1.29 is 4.74 Å². The molecule has 120 valence electrons. The van der Waals surface area contributed by atoms with E-state index in [1.807, 2.05) is 24.3 Å². The second-order valence-corrected chi connectivity index (χ2v) is 5.07. The second kappa shape index (κ2) is 7.95. The van der Waals surface area contributed by atoms with Gasteiger partial charge in [-0.3, -0.25) is 0 Å². The molecule has 2 aromatic carbocycles. The van der Waals surface area contributed by atoms with Gasteiger partial charge in [-0.15, -0.1) is 5.10 Å². The average Bonchev–Trinajstić information content (AvgIpc) is 2.56. The monoisotopic (exact) mass is 311 g/mol. The lowest BCUT2D eigenvalue weighted by molar-refractivity contribution is 0.306. The molecule has 0 heterocycles. The number of aryl methyl sites for hydroxylation is 1. The first-order valence-electron chi connectivity index (χ1n) is 7.23. The quantitative estimate of drug-likeness (QED) is 0.426. The van der Waals surface area contributed by atoms with Gasteiger partial charge in [0.05, 0.1) is 5.71 Å². The van der Waals surface area contributed by atoms with Gasteiger partial charge in [0.1, 0.15) is 12.4 Å². The zero-order valence-electron chi connectivity index (χ0n) is 13.1. The molecule has 0 fully saturated rings. The van der Waals surface area contributed by atoms with E-state index in [0.29, 0.717) is 12.3 Å². The summed E-state index contributed by atoms with van der Waals surface area (Å²) < 4.78 is 5.76. The molecule has 0 spiro atoms. The van der Waals surface area contributed by atoms with E-state index in [1.54, 1.807) is 0 Å². The van der Waals surface area contributed by atoms with Gasteiger partial charge in [0.15, 0.2) is 0 Å². The molecule has 0 aliphatic rings. The molecule has 0 aromatic heterocycles. The van der Waals surface area contributed by atoms with Crippen LogP contribution in [0.15, 0.2) is 58.7 Å². The van der Waals surface area contributed by atoms with Crippen molar-refractivity contribution in [2.75, 3.05) is 6.54 Å². The molecule has 0 aliphatic heterocycles. The fraction of sp³-hybridized carbons (Fsp3) is 0.176. The van der Waals surface area contributed by atoms with Gasteiger partial charge < -0.3 is 21.9 Å². The van der Waals surface area contributed by atoms with Crippen molar-refractivity contribution in [1.29, 1.82) is 0 Å². The molecule has 2 rings (SSSR count). The van der Waals surface area contributed by atoms with Gasteiger partial charge in [0.25, 0.3) is 0 Å². The first kappa shape index (κ1) is 16.5. The lowest BCUT2D eigenvalue weighted by Gasteiger charge is -2.08. The van der Waals surface area contributed by atoms with Crippen LogP contribution in [0.3, 0.4) is 0 Å². The predicted molar refractivity (Wildman–Crippen MR) is 93.4 cm³/mol. The molecule has 2 aromatic rings. The van der Waals surface area contributed by atoms with Crippen molar-refractivity contribution in [1.82, 2.24) is 0 Å². The Bertz CT molecular complexity index is 686. The summed E-state index contributed by atoms with van der Waals surface area (Å²) in [6.07, 6.45) is 0. The molecule has 0 aliphatic carbocycles. The van der Waals surface area contributed by atoms with E-state index in [1.165, 1.54) is 5.56 Å². The highest BCUT2D eigenvalue weighted by atomic mass is 16.5. The van der Waals surface area contributed by atoms with E-state index in [2.05, 4.69) is 41.4 Å². The van der Waals surface area contributed by atoms with E-state index in [4.69, 9.17) is 21.9 Å². The van der Waals surface area contributed by atoms with Crippen LogP contribution in [0.25, 0.3) is 0 Å². The van der Waals surface area contributed by atoms with Crippen molar-refractivity contribution in [3.63, 3.8) is 0 Å². The summed E-state index contributed by atoms with van der Waals surface area (Å²) in [6.45, 7) is 2.81. The minimum atomic E-state index is -0.103. The Morgan fingerprint density at radius 1 is 0.957 bits per heavy atom. The van der Waals surface area contributed by atoms with Crippen LogP contribution >= 0.6 is 0 Å². The van der Waals surface area contributed by atoms with Gasteiger partial charge in [-0.25, -0.2) is 0 Å². The first-order valence-corrected chi connectivity index (χ1v) is 7.23. The Morgan fingerprint density at radius 3 is 2.17 bits per heavy atom. The fourth-order valence-electron chi connectivity index (χ4n) is 1.93. The molecular weight excluding hydrogens is 290 g/mol. The van der Waals surface area contributed by atoms with E-state index in [-0.39, 0.29) is 12.5 Å². The van der Waals surface area contributed by atoms with Crippen molar-refractivity contribution in [3.8, 4) is 5.75 Å². The maximum atomic E-state index is 5.76. The Balaban J connectivity index is 2.02. The molecule has 0 amide bonds. The van der Waals surface area contributed by atoms with Crippen molar-refractivity contribution in [3.05, 3.63) is 65.2 Å².